The molecule has 1 aromatic heterocycles. The van der Waals surface area contributed by atoms with Crippen molar-refractivity contribution in [2.24, 2.45) is 5.92 Å². The van der Waals surface area contributed by atoms with E-state index in [1.165, 1.54) is 5.56 Å². The Morgan fingerprint density at radius 2 is 1.82 bits per heavy atom. The van der Waals surface area contributed by atoms with Crippen LogP contribution in [0.3, 0.4) is 0 Å². The monoisotopic (exact) mass is 448 g/mol. The summed E-state index contributed by atoms with van der Waals surface area (Å²) in [6.45, 7) is 7.11. The van der Waals surface area contributed by atoms with Crippen LogP contribution in [-0.2, 0) is 17.8 Å². The summed E-state index contributed by atoms with van der Waals surface area (Å²) in [5.41, 5.74) is 2.79. The van der Waals surface area contributed by atoms with E-state index in [-0.39, 0.29) is 17.4 Å². The zero-order chi connectivity index (χ0) is 23.2. The van der Waals surface area contributed by atoms with Gasteiger partial charge in [0.25, 0.3) is 5.56 Å². The van der Waals surface area contributed by atoms with Crippen LogP contribution in [0, 0.1) is 5.92 Å². The fourth-order valence-electron chi connectivity index (χ4n) is 4.45. The highest BCUT2D eigenvalue weighted by Crippen LogP contribution is 2.22. The van der Waals surface area contributed by atoms with Crippen molar-refractivity contribution in [1.82, 2.24) is 14.9 Å². The number of nitrogens with zero attached hydrogens (tertiary/aromatic N) is 3. The maximum atomic E-state index is 13.0. The van der Waals surface area contributed by atoms with E-state index in [2.05, 4.69) is 10.3 Å². The number of carbonyl (C=O) groups excluding carboxylic acids is 1. The third-order valence-corrected chi connectivity index (χ3v) is 6.26. The van der Waals surface area contributed by atoms with Crippen LogP contribution in [0.4, 0.5) is 5.82 Å². The number of hydrogen-bond donors (Lipinski definition) is 1. The van der Waals surface area contributed by atoms with Crippen LogP contribution < -0.4 is 20.5 Å². The summed E-state index contributed by atoms with van der Waals surface area (Å²) >= 11 is 0. The second-order valence-electron chi connectivity index (χ2n) is 8.35. The Morgan fingerprint density at radius 3 is 2.52 bits per heavy atom. The number of anilines is 1. The fraction of sp³-hybridized carbons (Fsp3) is 0.423. The Morgan fingerprint density at radius 1 is 1.09 bits per heavy atom. The molecule has 0 aliphatic carbocycles. The van der Waals surface area contributed by atoms with Crippen molar-refractivity contribution in [1.29, 1.82) is 0 Å². The molecular formula is C26H32N4O3. The van der Waals surface area contributed by atoms with Gasteiger partial charge in [-0.15, -0.1) is 0 Å². The molecule has 2 heterocycles. The molecule has 0 spiro atoms. The Hall–Kier alpha value is -3.35. The number of para-hydroxylation sites is 2. The van der Waals surface area contributed by atoms with Crippen LogP contribution in [0.2, 0.25) is 0 Å². The molecule has 1 N–H and O–H groups in total. The normalized spacial score (nSPS) is 14.4. The molecule has 1 fully saturated rings. The van der Waals surface area contributed by atoms with Crippen molar-refractivity contribution in [3.05, 3.63) is 64.4 Å². The molecule has 2 aromatic carbocycles. The first-order valence-corrected chi connectivity index (χ1v) is 11.8. The number of amides is 1. The van der Waals surface area contributed by atoms with Gasteiger partial charge < -0.3 is 19.5 Å². The molecule has 7 nitrogen and oxygen atoms in total. The van der Waals surface area contributed by atoms with Gasteiger partial charge in [0, 0.05) is 32.1 Å². The Labute approximate surface area is 194 Å². The van der Waals surface area contributed by atoms with Crippen molar-refractivity contribution in [2.45, 2.75) is 39.7 Å². The summed E-state index contributed by atoms with van der Waals surface area (Å²) in [5.74, 6) is 1.42. The van der Waals surface area contributed by atoms with Crippen molar-refractivity contribution in [3.8, 4) is 5.75 Å². The predicted octanol–water partition coefficient (Wildman–Crippen LogP) is 3.39. The van der Waals surface area contributed by atoms with Crippen molar-refractivity contribution >= 4 is 22.8 Å². The highest BCUT2D eigenvalue weighted by atomic mass is 16.5. The Bertz CT molecular complexity index is 1150. The van der Waals surface area contributed by atoms with E-state index in [0.29, 0.717) is 38.6 Å². The third kappa shape index (κ3) is 5.18. The van der Waals surface area contributed by atoms with Gasteiger partial charge in [0.15, 0.2) is 5.82 Å². The molecule has 1 amide bonds. The molecule has 33 heavy (non-hydrogen) atoms. The van der Waals surface area contributed by atoms with Crippen LogP contribution in [0.15, 0.2) is 53.3 Å². The maximum absolute atomic E-state index is 13.0. The van der Waals surface area contributed by atoms with Gasteiger partial charge in [-0.1, -0.05) is 24.3 Å². The van der Waals surface area contributed by atoms with E-state index < -0.39 is 0 Å². The lowest BCUT2D eigenvalue weighted by atomic mass is 9.96. The van der Waals surface area contributed by atoms with E-state index in [9.17, 15) is 9.59 Å². The van der Waals surface area contributed by atoms with Gasteiger partial charge in [-0.05, 0) is 62.9 Å². The number of aryl methyl sites for hydroxylation is 1. The number of piperidine rings is 1. The first-order valence-electron chi connectivity index (χ1n) is 11.8. The second kappa shape index (κ2) is 10.5. The predicted molar refractivity (Wildman–Crippen MR) is 131 cm³/mol. The van der Waals surface area contributed by atoms with Gasteiger partial charge >= 0.3 is 0 Å². The summed E-state index contributed by atoms with van der Waals surface area (Å²) in [7, 11) is 0. The highest BCUT2D eigenvalue weighted by Gasteiger charge is 2.27. The number of hydrogen-bond acceptors (Lipinski definition) is 5. The van der Waals surface area contributed by atoms with Crippen LogP contribution in [0.25, 0.3) is 11.0 Å². The zero-order valence-electron chi connectivity index (χ0n) is 19.4. The number of fused-ring (bicyclic) bond motifs is 1. The van der Waals surface area contributed by atoms with Gasteiger partial charge in [-0.2, -0.15) is 0 Å². The largest absolute Gasteiger partial charge is 0.494 e. The third-order valence-electron chi connectivity index (χ3n) is 6.26. The number of benzene rings is 2. The molecule has 0 radical (unpaired) electrons. The number of aromatic nitrogens is 2. The van der Waals surface area contributed by atoms with Gasteiger partial charge in [0.1, 0.15) is 5.75 Å². The Balaban J connectivity index is 1.32. The molecule has 0 saturated carbocycles. The van der Waals surface area contributed by atoms with E-state index in [0.717, 1.165) is 36.0 Å². The highest BCUT2D eigenvalue weighted by molar-refractivity contribution is 5.79. The van der Waals surface area contributed by atoms with Crippen LogP contribution in [0.5, 0.6) is 5.75 Å². The average molecular weight is 449 g/mol. The molecule has 0 atom stereocenters. The van der Waals surface area contributed by atoms with Gasteiger partial charge in [0.05, 0.1) is 17.6 Å². The average Bonchev–Trinajstić information content (AvgIpc) is 2.85. The lowest BCUT2D eigenvalue weighted by Gasteiger charge is -2.32. The number of ether oxygens (including phenoxy) is 1. The fourth-order valence-corrected chi connectivity index (χ4v) is 4.45. The lowest BCUT2D eigenvalue weighted by molar-refractivity contribution is -0.125. The number of rotatable bonds is 8. The number of nitrogens with one attached hydrogen (secondary N) is 1. The molecule has 174 valence electrons. The minimum atomic E-state index is -0.0607. The van der Waals surface area contributed by atoms with Crippen LogP contribution in [-0.4, -0.2) is 41.7 Å². The van der Waals surface area contributed by atoms with Crippen molar-refractivity contribution in [2.75, 3.05) is 31.1 Å². The Kier molecular flexibility index (Phi) is 7.27. The SMILES string of the molecule is CCOc1ccc(CCNC(=O)C2CCN(c3nc4ccccc4n(CC)c3=O)CC2)cc1. The summed E-state index contributed by atoms with van der Waals surface area (Å²) in [4.78, 5) is 32.4. The molecule has 1 saturated heterocycles. The van der Waals surface area contributed by atoms with Gasteiger partial charge in [-0.25, -0.2) is 4.98 Å². The first-order chi connectivity index (χ1) is 16.1. The van der Waals surface area contributed by atoms with E-state index in [1.54, 1.807) is 4.57 Å². The topological polar surface area (TPSA) is 76.5 Å². The quantitative estimate of drug-likeness (QED) is 0.572. The summed E-state index contributed by atoms with van der Waals surface area (Å²) in [6, 6.07) is 15.7. The first kappa shape index (κ1) is 22.8. The molecule has 0 unspecified atom stereocenters. The molecule has 4 rings (SSSR count). The van der Waals surface area contributed by atoms with Gasteiger partial charge in [0.2, 0.25) is 5.91 Å². The van der Waals surface area contributed by atoms with Crippen molar-refractivity contribution in [3.63, 3.8) is 0 Å². The molecular weight excluding hydrogens is 416 g/mol. The van der Waals surface area contributed by atoms with Crippen LogP contribution in [0.1, 0.15) is 32.3 Å². The number of carbonyl (C=O) groups is 1. The molecule has 0 bridgehead atoms. The summed E-state index contributed by atoms with van der Waals surface area (Å²) < 4.78 is 7.24. The minimum absolute atomic E-state index is 0.0320. The van der Waals surface area contributed by atoms with E-state index in [1.807, 2.05) is 67.3 Å². The molecule has 3 aromatic rings. The second-order valence-corrected chi connectivity index (χ2v) is 8.35. The standard InChI is InChI=1S/C26H32N4O3/c1-3-30-23-8-6-5-7-22(23)28-24(26(30)32)29-17-14-20(15-18-29)25(31)27-16-13-19-9-11-21(12-10-19)33-4-2/h5-12,20H,3-4,13-18H2,1-2H3,(H,27,31). The van der Waals surface area contributed by atoms with Crippen LogP contribution >= 0.6 is 0 Å². The molecule has 1 aliphatic heterocycles. The maximum Gasteiger partial charge on any atom is 0.293 e. The van der Waals surface area contributed by atoms with E-state index >= 15 is 0 Å². The molecule has 7 heteroatoms. The summed E-state index contributed by atoms with van der Waals surface area (Å²) in [6.07, 6.45) is 2.22. The van der Waals surface area contributed by atoms with Crippen molar-refractivity contribution < 1.29 is 9.53 Å². The zero-order valence-corrected chi connectivity index (χ0v) is 19.4. The molecule has 1 aliphatic rings. The summed E-state index contributed by atoms with van der Waals surface area (Å²) in [5, 5.41) is 3.08. The minimum Gasteiger partial charge on any atom is -0.494 e. The smallest absolute Gasteiger partial charge is 0.293 e. The van der Waals surface area contributed by atoms with Gasteiger partial charge in [-0.3, -0.25) is 9.59 Å². The lowest BCUT2D eigenvalue weighted by Crippen LogP contribution is -2.43. The van der Waals surface area contributed by atoms with E-state index in [4.69, 9.17) is 4.74 Å².